The third kappa shape index (κ3) is 3.41. The first-order valence-corrected chi connectivity index (χ1v) is 10.2. The molecule has 25 heavy (non-hydrogen) atoms. The molecule has 138 valence electrons. The maximum Gasteiger partial charge on any atom is 0.328 e. The van der Waals surface area contributed by atoms with Crippen molar-refractivity contribution in [3.63, 3.8) is 0 Å². The smallest absolute Gasteiger partial charge is 0.328 e. The van der Waals surface area contributed by atoms with Crippen LogP contribution in [0.25, 0.3) is 11.0 Å². The predicted octanol–water partition coefficient (Wildman–Crippen LogP) is 0.282. The van der Waals surface area contributed by atoms with Crippen LogP contribution < -0.4 is 16.1 Å². The van der Waals surface area contributed by atoms with Crippen LogP contribution >= 0.6 is 15.9 Å². The Hall–Kier alpha value is -1.20. The lowest BCUT2D eigenvalue weighted by Gasteiger charge is -2.12. The van der Waals surface area contributed by atoms with E-state index in [1.54, 1.807) is 20.2 Å². The second kappa shape index (κ2) is 6.84. The van der Waals surface area contributed by atoms with Crippen molar-refractivity contribution >= 4 is 37.0 Å². The van der Waals surface area contributed by atoms with Crippen LogP contribution in [0, 0.1) is 5.92 Å². The average molecular weight is 433 g/mol. The van der Waals surface area contributed by atoms with Gasteiger partial charge < -0.3 is 10.5 Å². The highest BCUT2D eigenvalue weighted by Crippen LogP contribution is 2.27. The van der Waals surface area contributed by atoms with E-state index in [9.17, 15) is 13.2 Å². The number of imidazole rings is 1. The van der Waals surface area contributed by atoms with Crippen molar-refractivity contribution in [2.75, 3.05) is 19.7 Å². The molecule has 8 nitrogen and oxygen atoms in total. The van der Waals surface area contributed by atoms with E-state index >= 15 is 0 Å². The largest absolute Gasteiger partial charge is 0.377 e. The Morgan fingerprint density at radius 1 is 1.32 bits per heavy atom. The number of nitrogens with zero attached hydrogens (tertiary/aromatic N) is 2. The molecule has 2 unspecified atom stereocenters. The minimum atomic E-state index is -3.72. The molecular formula is C15H21BrN4O4S. The average Bonchev–Trinajstić information content (AvgIpc) is 3.12. The number of hydrogen-bond donors (Lipinski definition) is 2. The zero-order chi connectivity index (χ0) is 18.4. The number of halogens is 1. The van der Waals surface area contributed by atoms with E-state index in [2.05, 4.69) is 20.7 Å². The van der Waals surface area contributed by atoms with Gasteiger partial charge in [-0.15, -0.1) is 0 Å². The number of nitrogens with two attached hydrogens (primary N) is 1. The van der Waals surface area contributed by atoms with Gasteiger partial charge in [-0.25, -0.2) is 17.9 Å². The number of fused-ring (bicyclic) bond motifs is 1. The van der Waals surface area contributed by atoms with Gasteiger partial charge in [0.1, 0.15) is 0 Å². The molecule has 1 saturated heterocycles. The first kappa shape index (κ1) is 18.6. The number of rotatable bonds is 5. The fraction of sp³-hybridized carbons (Fsp3) is 0.533. The number of sulfonamides is 1. The van der Waals surface area contributed by atoms with E-state index in [1.807, 2.05) is 0 Å². The highest BCUT2D eigenvalue weighted by Gasteiger charge is 2.27. The molecule has 2 atom stereocenters. The van der Waals surface area contributed by atoms with Gasteiger partial charge in [-0.2, -0.15) is 0 Å². The zero-order valence-electron chi connectivity index (χ0n) is 14.0. The van der Waals surface area contributed by atoms with Crippen molar-refractivity contribution in [2.24, 2.45) is 25.7 Å². The summed E-state index contributed by atoms with van der Waals surface area (Å²) in [6.45, 7) is 1.22. The number of ether oxygens (including phenoxy) is 1. The molecule has 0 saturated carbocycles. The lowest BCUT2D eigenvalue weighted by atomic mass is 10.1. The van der Waals surface area contributed by atoms with Crippen molar-refractivity contribution in [2.45, 2.75) is 17.4 Å². The van der Waals surface area contributed by atoms with Gasteiger partial charge in [-0.05, 0) is 40.4 Å². The van der Waals surface area contributed by atoms with Gasteiger partial charge in [0.25, 0.3) is 0 Å². The molecule has 1 aromatic heterocycles. The van der Waals surface area contributed by atoms with Crippen LogP contribution in [-0.4, -0.2) is 43.4 Å². The Bertz CT molecular complexity index is 966. The summed E-state index contributed by atoms with van der Waals surface area (Å²) < 4.78 is 36.9. The molecule has 1 aromatic carbocycles. The number of benzene rings is 1. The summed E-state index contributed by atoms with van der Waals surface area (Å²) in [6, 6.07) is 3.16. The molecule has 3 N–H and O–H groups in total. The lowest BCUT2D eigenvalue weighted by Crippen LogP contribution is -2.30. The molecular weight excluding hydrogens is 412 g/mol. The van der Waals surface area contributed by atoms with Crippen molar-refractivity contribution in [1.82, 2.24) is 13.9 Å². The van der Waals surface area contributed by atoms with Gasteiger partial charge in [0, 0.05) is 31.7 Å². The van der Waals surface area contributed by atoms with Crippen molar-refractivity contribution < 1.29 is 13.2 Å². The van der Waals surface area contributed by atoms with Crippen LogP contribution in [0.1, 0.15) is 6.42 Å². The zero-order valence-corrected chi connectivity index (χ0v) is 16.4. The standard InChI is InChI=1S/C15H21BrN4O4S/c1-19-12-4-11(16)14(5-13(12)20(2)15(19)21)25(22,23)18-7-9-3-10(6-17)24-8-9/h4-5,9-10,18H,3,6-8,17H2,1-2H3. The Morgan fingerprint density at radius 2 is 1.96 bits per heavy atom. The number of aryl methyl sites for hydroxylation is 2. The van der Waals surface area contributed by atoms with E-state index in [-0.39, 0.29) is 29.2 Å². The molecule has 0 radical (unpaired) electrons. The Labute approximate surface area is 154 Å². The van der Waals surface area contributed by atoms with E-state index in [0.29, 0.717) is 28.7 Å². The number of nitrogens with one attached hydrogen (secondary N) is 1. The molecule has 10 heteroatoms. The molecule has 0 aliphatic carbocycles. The Kier molecular flexibility index (Phi) is 5.09. The van der Waals surface area contributed by atoms with Gasteiger partial charge in [-0.1, -0.05) is 0 Å². The highest BCUT2D eigenvalue weighted by atomic mass is 79.9. The Balaban J connectivity index is 1.88. The number of hydrogen-bond acceptors (Lipinski definition) is 5. The summed E-state index contributed by atoms with van der Waals surface area (Å²) in [6.07, 6.45) is 0.739. The second-order valence-corrected chi connectivity index (χ2v) is 8.91. The van der Waals surface area contributed by atoms with E-state index in [1.165, 1.54) is 15.2 Å². The summed E-state index contributed by atoms with van der Waals surface area (Å²) in [4.78, 5) is 12.1. The summed E-state index contributed by atoms with van der Waals surface area (Å²) in [5.74, 6) is 0.104. The van der Waals surface area contributed by atoms with E-state index < -0.39 is 10.0 Å². The summed E-state index contributed by atoms with van der Waals surface area (Å²) in [7, 11) is -0.456. The first-order chi connectivity index (χ1) is 11.7. The maximum absolute atomic E-state index is 12.7. The van der Waals surface area contributed by atoms with Crippen LogP contribution in [0.3, 0.4) is 0 Å². The van der Waals surface area contributed by atoms with Gasteiger partial charge in [-0.3, -0.25) is 9.13 Å². The topological polar surface area (TPSA) is 108 Å². The van der Waals surface area contributed by atoms with Crippen LogP contribution in [-0.2, 0) is 28.9 Å². The summed E-state index contributed by atoms with van der Waals surface area (Å²) in [5.41, 5.74) is 6.58. The minimum Gasteiger partial charge on any atom is -0.377 e. The van der Waals surface area contributed by atoms with Crippen LogP contribution in [0.4, 0.5) is 0 Å². The first-order valence-electron chi connectivity index (χ1n) is 7.91. The predicted molar refractivity (Wildman–Crippen MR) is 97.9 cm³/mol. The van der Waals surface area contributed by atoms with E-state index in [4.69, 9.17) is 10.5 Å². The SMILES string of the molecule is Cn1c(=O)n(C)c2cc(S(=O)(=O)NCC3COC(CN)C3)c(Br)cc21. The third-order valence-electron chi connectivity index (χ3n) is 4.60. The fourth-order valence-corrected chi connectivity index (χ4v) is 5.26. The molecule has 0 bridgehead atoms. The Morgan fingerprint density at radius 3 is 2.56 bits per heavy atom. The molecule has 1 aliphatic rings. The molecule has 0 amide bonds. The monoisotopic (exact) mass is 432 g/mol. The molecule has 2 heterocycles. The molecule has 1 aliphatic heterocycles. The van der Waals surface area contributed by atoms with Gasteiger partial charge in [0.2, 0.25) is 10.0 Å². The van der Waals surface area contributed by atoms with Gasteiger partial charge >= 0.3 is 5.69 Å². The van der Waals surface area contributed by atoms with Gasteiger partial charge in [0.05, 0.1) is 28.6 Å². The normalized spacial score (nSPS) is 21.3. The van der Waals surface area contributed by atoms with Crippen molar-refractivity contribution in [3.8, 4) is 0 Å². The van der Waals surface area contributed by atoms with Crippen LogP contribution in [0.2, 0.25) is 0 Å². The second-order valence-electron chi connectivity index (χ2n) is 6.32. The number of aromatic nitrogens is 2. The van der Waals surface area contributed by atoms with Crippen LogP contribution in [0.15, 0.2) is 26.3 Å². The highest BCUT2D eigenvalue weighted by molar-refractivity contribution is 9.10. The molecule has 2 aromatic rings. The lowest BCUT2D eigenvalue weighted by molar-refractivity contribution is 0.113. The van der Waals surface area contributed by atoms with Crippen LogP contribution in [0.5, 0.6) is 0 Å². The molecule has 3 rings (SSSR count). The molecule has 1 fully saturated rings. The van der Waals surface area contributed by atoms with Crippen molar-refractivity contribution in [3.05, 3.63) is 27.1 Å². The maximum atomic E-state index is 12.7. The summed E-state index contributed by atoms with van der Waals surface area (Å²) >= 11 is 3.31. The minimum absolute atomic E-state index is 0.00330. The van der Waals surface area contributed by atoms with Gasteiger partial charge in [0.15, 0.2) is 0 Å². The van der Waals surface area contributed by atoms with Crippen molar-refractivity contribution in [1.29, 1.82) is 0 Å². The van der Waals surface area contributed by atoms with E-state index in [0.717, 1.165) is 6.42 Å². The fourth-order valence-electron chi connectivity index (χ4n) is 3.10. The molecule has 0 spiro atoms. The summed E-state index contributed by atoms with van der Waals surface area (Å²) in [5, 5.41) is 0. The quantitative estimate of drug-likeness (QED) is 0.705. The third-order valence-corrected chi connectivity index (χ3v) is 6.99.